The monoisotopic (exact) mass is 365 g/mol. The molecule has 0 aromatic carbocycles. The molecule has 2 aromatic heterocycles. The summed E-state index contributed by atoms with van der Waals surface area (Å²) in [5.74, 6) is 0.253. The molecule has 1 fully saturated rings. The number of hydrogen-bond donors (Lipinski definition) is 1. The van der Waals surface area contributed by atoms with Crippen LogP contribution in [0.1, 0.15) is 10.6 Å². The molecule has 6 nitrogen and oxygen atoms in total. The molecule has 1 N–H and O–H groups in total. The van der Waals surface area contributed by atoms with Gasteiger partial charge in [0.1, 0.15) is 16.6 Å². The minimum Gasteiger partial charge on any atom is -0.360 e. The van der Waals surface area contributed by atoms with Gasteiger partial charge in [-0.15, -0.1) is 11.3 Å². The van der Waals surface area contributed by atoms with Crippen molar-refractivity contribution in [3.8, 4) is 0 Å². The molecule has 0 spiro atoms. The molecule has 3 heterocycles. The van der Waals surface area contributed by atoms with Crippen molar-refractivity contribution in [3.63, 3.8) is 0 Å². The molecule has 0 saturated carbocycles. The Balaban J connectivity index is 1.67. The van der Waals surface area contributed by atoms with Crippen LogP contribution in [0.15, 0.2) is 33.0 Å². The number of carbonyl (C=O) groups is 2. The van der Waals surface area contributed by atoms with Gasteiger partial charge in [-0.3, -0.25) is 14.5 Å². The highest BCUT2D eigenvalue weighted by molar-refractivity contribution is 8.26. The van der Waals surface area contributed by atoms with Crippen molar-refractivity contribution < 1.29 is 14.1 Å². The van der Waals surface area contributed by atoms with E-state index in [9.17, 15) is 9.59 Å². The first-order valence-corrected chi connectivity index (χ1v) is 8.65. The van der Waals surface area contributed by atoms with E-state index in [1.807, 2.05) is 17.5 Å². The van der Waals surface area contributed by atoms with Crippen LogP contribution in [0, 0.1) is 6.92 Å². The number of thiocarbonyl (C=S) groups is 1. The zero-order valence-corrected chi connectivity index (χ0v) is 14.4. The largest absolute Gasteiger partial charge is 0.360 e. The molecule has 0 bridgehead atoms. The molecule has 9 heteroatoms. The molecule has 0 aliphatic carbocycles. The summed E-state index contributed by atoms with van der Waals surface area (Å²) in [5.41, 5.74) is 0. The number of rotatable bonds is 4. The molecule has 2 amide bonds. The SMILES string of the molecule is Cc1cc(NC(=O)CN2C(=O)/C(=C/c3cccs3)SC2=S)no1. The number of hydrogen-bond acceptors (Lipinski definition) is 7. The number of nitrogens with one attached hydrogen (secondary N) is 1. The number of nitrogens with zero attached hydrogens (tertiary/aromatic N) is 2. The van der Waals surface area contributed by atoms with E-state index >= 15 is 0 Å². The van der Waals surface area contributed by atoms with Gasteiger partial charge < -0.3 is 9.84 Å². The Hall–Kier alpha value is -1.97. The Morgan fingerprint density at radius 2 is 2.39 bits per heavy atom. The highest BCUT2D eigenvalue weighted by atomic mass is 32.2. The quantitative estimate of drug-likeness (QED) is 0.663. The maximum atomic E-state index is 12.4. The number of aromatic nitrogens is 1. The van der Waals surface area contributed by atoms with E-state index < -0.39 is 0 Å². The van der Waals surface area contributed by atoms with Gasteiger partial charge in [0.25, 0.3) is 5.91 Å². The van der Waals surface area contributed by atoms with Crippen LogP contribution in [-0.2, 0) is 9.59 Å². The van der Waals surface area contributed by atoms with E-state index in [0.717, 1.165) is 4.88 Å². The maximum absolute atomic E-state index is 12.4. The third-order valence-electron chi connectivity index (χ3n) is 2.89. The van der Waals surface area contributed by atoms with E-state index in [1.54, 1.807) is 19.1 Å². The van der Waals surface area contributed by atoms with E-state index in [2.05, 4.69) is 10.5 Å². The molecule has 3 rings (SSSR count). The molecule has 118 valence electrons. The minimum atomic E-state index is -0.382. The molecule has 2 aromatic rings. The summed E-state index contributed by atoms with van der Waals surface area (Å²) < 4.78 is 5.24. The standard InChI is InChI=1S/C14H11N3O3S3/c1-8-5-11(16-20-8)15-12(18)7-17-13(19)10(23-14(17)21)6-9-3-2-4-22-9/h2-6H,7H2,1H3,(H,15,16,18)/b10-6-. The Morgan fingerprint density at radius 3 is 3.04 bits per heavy atom. The smallest absolute Gasteiger partial charge is 0.266 e. The zero-order valence-electron chi connectivity index (χ0n) is 11.9. The van der Waals surface area contributed by atoms with Gasteiger partial charge in [-0.05, 0) is 24.4 Å². The van der Waals surface area contributed by atoms with Gasteiger partial charge in [-0.1, -0.05) is 35.2 Å². The van der Waals surface area contributed by atoms with Crippen LogP contribution in [0.2, 0.25) is 0 Å². The topological polar surface area (TPSA) is 75.4 Å². The molecule has 1 aliphatic heterocycles. The van der Waals surface area contributed by atoms with Crippen molar-refractivity contribution >= 4 is 63.3 Å². The molecule has 1 saturated heterocycles. The molecule has 0 radical (unpaired) electrons. The van der Waals surface area contributed by atoms with Crippen LogP contribution in [0.25, 0.3) is 6.08 Å². The van der Waals surface area contributed by atoms with E-state index in [-0.39, 0.29) is 18.4 Å². The first kappa shape index (κ1) is 15.9. The van der Waals surface area contributed by atoms with Gasteiger partial charge in [-0.25, -0.2) is 0 Å². The predicted octanol–water partition coefficient (Wildman–Crippen LogP) is 2.88. The van der Waals surface area contributed by atoms with Gasteiger partial charge in [0.15, 0.2) is 5.82 Å². The summed E-state index contributed by atoms with van der Waals surface area (Å²) in [4.78, 5) is 27.2. The van der Waals surface area contributed by atoms with Crippen LogP contribution < -0.4 is 5.32 Å². The summed E-state index contributed by atoms with van der Waals surface area (Å²) in [6.45, 7) is 1.57. The fraction of sp³-hybridized carbons (Fsp3) is 0.143. The van der Waals surface area contributed by atoms with Crippen LogP contribution in [0.5, 0.6) is 0 Å². The third-order valence-corrected chi connectivity index (χ3v) is 5.08. The van der Waals surface area contributed by atoms with Crippen molar-refractivity contribution in [2.75, 3.05) is 11.9 Å². The van der Waals surface area contributed by atoms with Crippen molar-refractivity contribution in [2.45, 2.75) is 6.92 Å². The van der Waals surface area contributed by atoms with Crippen molar-refractivity contribution in [2.24, 2.45) is 0 Å². The minimum absolute atomic E-state index is 0.154. The Labute approximate surface area is 145 Å². The average Bonchev–Trinajstić information content (AvgIpc) is 3.19. The zero-order chi connectivity index (χ0) is 16.4. The molecular formula is C14H11N3O3S3. The Bertz CT molecular complexity index is 795. The number of anilines is 1. The Kier molecular flexibility index (Phi) is 4.60. The van der Waals surface area contributed by atoms with Gasteiger partial charge in [0.2, 0.25) is 5.91 Å². The second-order valence-electron chi connectivity index (χ2n) is 4.65. The number of thioether (sulfide) groups is 1. The average molecular weight is 365 g/mol. The summed E-state index contributed by atoms with van der Waals surface area (Å²) in [6, 6.07) is 5.42. The molecular weight excluding hydrogens is 354 g/mol. The normalized spacial score (nSPS) is 16.4. The highest BCUT2D eigenvalue weighted by Crippen LogP contribution is 2.33. The Morgan fingerprint density at radius 1 is 1.57 bits per heavy atom. The summed E-state index contributed by atoms with van der Waals surface area (Å²) >= 11 is 7.92. The lowest BCUT2D eigenvalue weighted by Crippen LogP contribution is -2.36. The number of aryl methyl sites for hydroxylation is 1. The van der Waals surface area contributed by atoms with E-state index in [4.69, 9.17) is 16.7 Å². The molecule has 23 heavy (non-hydrogen) atoms. The lowest BCUT2D eigenvalue weighted by atomic mass is 10.3. The first-order chi connectivity index (χ1) is 11.0. The third kappa shape index (κ3) is 3.69. The van der Waals surface area contributed by atoms with Gasteiger partial charge in [0.05, 0.1) is 4.91 Å². The predicted molar refractivity (Wildman–Crippen MR) is 94.1 cm³/mol. The molecule has 1 aliphatic rings. The van der Waals surface area contributed by atoms with E-state index in [0.29, 0.717) is 20.8 Å². The second kappa shape index (κ2) is 6.65. The van der Waals surface area contributed by atoms with E-state index in [1.165, 1.54) is 28.0 Å². The van der Waals surface area contributed by atoms with Gasteiger partial charge >= 0.3 is 0 Å². The molecule has 0 atom stereocenters. The van der Waals surface area contributed by atoms with Crippen molar-refractivity contribution in [1.29, 1.82) is 0 Å². The van der Waals surface area contributed by atoms with Crippen LogP contribution >= 0.6 is 35.3 Å². The lowest BCUT2D eigenvalue weighted by Gasteiger charge is -2.13. The van der Waals surface area contributed by atoms with Crippen LogP contribution in [-0.4, -0.2) is 32.7 Å². The van der Waals surface area contributed by atoms with Crippen LogP contribution in [0.3, 0.4) is 0 Å². The first-order valence-electron chi connectivity index (χ1n) is 6.55. The molecule has 0 unspecified atom stereocenters. The highest BCUT2D eigenvalue weighted by Gasteiger charge is 2.33. The number of amides is 2. The second-order valence-corrected chi connectivity index (χ2v) is 7.31. The van der Waals surface area contributed by atoms with Crippen LogP contribution in [0.4, 0.5) is 5.82 Å². The van der Waals surface area contributed by atoms with Crippen molar-refractivity contribution in [1.82, 2.24) is 10.1 Å². The number of thiophene rings is 1. The lowest BCUT2D eigenvalue weighted by molar-refractivity contribution is -0.126. The summed E-state index contributed by atoms with van der Waals surface area (Å²) in [5, 5.41) is 8.17. The van der Waals surface area contributed by atoms with Crippen molar-refractivity contribution in [3.05, 3.63) is 39.1 Å². The maximum Gasteiger partial charge on any atom is 0.266 e. The fourth-order valence-corrected chi connectivity index (χ4v) is 3.87. The van der Waals surface area contributed by atoms with Gasteiger partial charge in [0, 0.05) is 10.9 Å². The fourth-order valence-electron chi connectivity index (χ4n) is 1.89. The summed E-state index contributed by atoms with van der Waals surface area (Å²) in [6.07, 6.45) is 1.78. The number of carbonyl (C=O) groups excluding carboxylic acids is 2. The van der Waals surface area contributed by atoms with Gasteiger partial charge in [-0.2, -0.15) is 0 Å². The summed E-state index contributed by atoms with van der Waals surface area (Å²) in [7, 11) is 0.